The molecule has 1 atom stereocenters. The summed E-state index contributed by atoms with van der Waals surface area (Å²) in [5, 5.41) is 12.5. The minimum absolute atomic E-state index is 0.134. The van der Waals surface area contributed by atoms with Gasteiger partial charge in [0.1, 0.15) is 5.82 Å². The van der Waals surface area contributed by atoms with E-state index in [0.717, 1.165) is 27.7 Å². The minimum atomic E-state index is -0.320. The molecule has 2 N–H and O–H groups in total. The monoisotopic (exact) mass is 335 g/mol. The number of aryl methyl sites for hydroxylation is 1. The quantitative estimate of drug-likeness (QED) is 0.759. The van der Waals surface area contributed by atoms with Crippen LogP contribution in [0.3, 0.4) is 0 Å². The molecular formula is C20H18FN3O. The number of nitrogens with zero attached hydrogens (tertiary/aromatic N) is 1. The molecule has 4 nitrogen and oxygen atoms in total. The van der Waals surface area contributed by atoms with Gasteiger partial charge in [0.05, 0.1) is 24.1 Å². The van der Waals surface area contributed by atoms with E-state index in [-0.39, 0.29) is 24.2 Å². The first kappa shape index (κ1) is 16.7. The number of fused-ring (bicyclic) bond motifs is 1. The molecule has 0 aliphatic rings. The molecule has 5 heteroatoms. The van der Waals surface area contributed by atoms with Gasteiger partial charge in [-0.05, 0) is 55.3 Å². The molecule has 0 bridgehead atoms. The van der Waals surface area contributed by atoms with Gasteiger partial charge in [-0.1, -0.05) is 12.1 Å². The molecule has 3 aromatic rings. The van der Waals surface area contributed by atoms with Crippen molar-refractivity contribution in [2.24, 2.45) is 0 Å². The van der Waals surface area contributed by atoms with E-state index in [4.69, 9.17) is 5.26 Å². The Labute approximate surface area is 145 Å². The predicted octanol–water partition coefficient (Wildman–Crippen LogP) is 3.91. The van der Waals surface area contributed by atoms with Crippen LogP contribution in [0, 0.1) is 24.1 Å². The van der Waals surface area contributed by atoms with E-state index in [1.807, 2.05) is 26.0 Å². The number of carbonyl (C=O) groups is 1. The minimum Gasteiger partial charge on any atom is -0.358 e. The second kappa shape index (κ2) is 6.78. The SMILES string of the molecule is Cc1[nH]c2ccc(F)cc2c1CC(=O)NC(C)c1ccc(C#N)cc1. The number of nitriles is 1. The molecule has 0 aliphatic heterocycles. The van der Waals surface area contributed by atoms with Crippen LogP contribution < -0.4 is 5.32 Å². The molecule has 25 heavy (non-hydrogen) atoms. The lowest BCUT2D eigenvalue weighted by molar-refractivity contribution is -0.121. The van der Waals surface area contributed by atoms with Gasteiger partial charge in [-0.15, -0.1) is 0 Å². The topological polar surface area (TPSA) is 68.7 Å². The highest BCUT2D eigenvalue weighted by molar-refractivity contribution is 5.90. The van der Waals surface area contributed by atoms with E-state index >= 15 is 0 Å². The molecule has 0 spiro atoms. The lowest BCUT2D eigenvalue weighted by Crippen LogP contribution is -2.28. The number of amides is 1. The standard InChI is InChI=1S/C20H18FN3O/c1-12(15-5-3-14(11-22)4-6-15)24-20(25)10-17-13(2)23-19-8-7-16(21)9-18(17)19/h3-9,12,23H,10H2,1-2H3,(H,24,25). The Kier molecular flexibility index (Phi) is 4.53. The van der Waals surface area contributed by atoms with E-state index in [9.17, 15) is 9.18 Å². The summed E-state index contributed by atoms with van der Waals surface area (Å²) in [6.45, 7) is 3.77. The molecule has 0 aliphatic carbocycles. The number of carbonyl (C=O) groups excluding carboxylic acids is 1. The third-order valence-corrected chi connectivity index (χ3v) is 4.34. The Morgan fingerprint density at radius 2 is 2.00 bits per heavy atom. The van der Waals surface area contributed by atoms with E-state index in [2.05, 4.69) is 16.4 Å². The van der Waals surface area contributed by atoms with Crippen molar-refractivity contribution in [3.05, 3.63) is 70.7 Å². The maximum absolute atomic E-state index is 13.5. The van der Waals surface area contributed by atoms with Gasteiger partial charge in [0, 0.05) is 16.6 Å². The summed E-state index contributed by atoms with van der Waals surface area (Å²) >= 11 is 0. The van der Waals surface area contributed by atoms with Gasteiger partial charge >= 0.3 is 0 Å². The maximum Gasteiger partial charge on any atom is 0.224 e. The Bertz CT molecular complexity index is 967. The third kappa shape index (κ3) is 3.53. The summed E-state index contributed by atoms with van der Waals surface area (Å²) in [6, 6.07) is 13.5. The number of hydrogen-bond acceptors (Lipinski definition) is 2. The Balaban J connectivity index is 1.75. The van der Waals surface area contributed by atoms with Crippen LogP contribution in [0.25, 0.3) is 10.9 Å². The zero-order valence-electron chi connectivity index (χ0n) is 14.1. The fourth-order valence-electron chi connectivity index (χ4n) is 2.97. The Hall–Kier alpha value is -3.13. The van der Waals surface area contributed by atoms with E-state index < -0.39 is 0 Å². The molecule has 0 radical (unpaired) electrons. The van der Waals surface area contributed by atoms with Crippen molar-refractivity contribution in [2.75, 3.05) is 0 Å². The molecule has 1 aromatic heterocycles. The van der Waals surface area contributed by atoms with Crippen LogP contribution in [0.5, 0.6) is 0 Å². The van der Waals surface area contributed by atoms with Crippen LogP contribution in [0.2, 0.25) is 0 Å². The highest BCUT2D eigenvalue weighted by Gasteiger charge is 2.15. The molecule has 0 fully saturated rings. The number of rotatable bonds is 4. The summed E-state index contributed by atoms with van der Waals surface area (Å²) in [7, 11) is 0. The third-order valence-electron chi connectivity index (χ3n) is 4.34. The first-order valence-corrected chi connectivity index (χ1v) is 8.04. The van der Waals surface area contributed by atoms with Crippen molar-refractivity contribution in [3.63, 3.8) is 0 Å². The zero-order valence-corrected chi connectivity index (χ0v) is 14.1. The van der Waals surface area contributed by atoms with Gasteiger partial charge in [-0.2, -0.15) is 5.26 Å². The second-order valence-corrected chi connectivity index (χ2v) is 6.12. The van der Waals surface area contributed by atoms with Gasteiger partial charge < -0.3 is 10.3 Å². The van der Waals surface area contributed by atoms with E-state index in [1.54, 1.807) is 18.2 Å². The number of halogens is 1. The van der Waals surface area contributed by atoms with Crippen LogP contribution in [0.4, 0.5) is 4.39 Å². The molecule has 1 unspecified atom stereocenters. The van der Waals surface area contributed by atoms with Gasteiger partial charge in [-0.25, -0.2) is 4.39 Å². The van der Waals surface area contributed by atoms with Crippen molar-refractivity contribution in [2.45, 2.75) is 26.3 Å². The van der Waals surface area contributed by atoms with Crippen molar-refractivity contribution < 1.29 is 9.18 Å². The van der Waals surface area contributed by atoms with Crippen LogP contribution in [0.1, 0.15) is 35.3 Å². The molecule has 2 aromatic carbocycles. The summed E-state index contributed by atoms with van der Waals surface area (Å²) in [5.41, 5.74) is 4.00. The van der Waals surface area contributed by atoms with Crippen molar-refractivity contribution >= 4 is 16.8 Å². The van der Waals surface area contributed by atoms with Crippen molar-refractivity contribution in [1.82, 2.24) is 10.3 Å². The zero-order chi connectivity index (χ0) is 18.0. The number of H-pyrrole nitrogens is 1. The molecule has 3 rings (SSSR count). The first-order chi connectivity index (χ1) is 12.0. The average Bonchev–Trinajstić information content (AvgIpc) is 2.90. The largest absolute Gasteiger partial charge is 0.358 e. The van der Waals surface area contributed by atoms with Crippen molar-refractivity contribution in [1.29, 1.82) is 5.26 Å². The van der Waals surface area contributed by atoms with E-state index in [1.165, 1.54) is 12.1 Å². The van der Waals surface area contributed by atoms with Crippen LogP contribution in [0.15, 0.2) is 42.5 Å². The summed E-state index contributed by atoms with van der Waals surface area (Å²) in [4.78, 5) is 15.6. The van der Waals surface area contributed by atoms with Gasteiger partial charge in [0.15, 0.2) is 0 Å². The average molecular weight is 335 g/mol. The second-order valence-electron chi connectivity index (χ2n) is 6.12. The predicted molar refractivity (Wildman–Crippen MR) is 94.4 cm³/mol. The fraction of sp³-hybridized carbons (Fsp3) is 0.200. The molecule has 0 saturated heterocycles. The lowest BCUT2D eigenvalue weighted by Gasteiger charge is -2.14. The fourth-order valence-corrected chi connectivity index (χ4v) is 2.97. The number of aromatic nitrogens is 1. The normalized spacial score (nSPS) is 11.9. The van der Waals surface area contributed by atoms with Gasteiger partial charge in [-0.3, -0.25) is 4.79 Å². The van der Waals surface area contributed by atoms with Crippen LogP contribution in [-0.2, 0) is 11.2 Å². The Morgan fingerprint density at radius 3 is 2.68 bits per heavy atom. The number of hydrogen-bond donors (Lipinski definition) is 2. The van der Waals surface area contributed by atoms with Gasteiger partial charge in [0.2, 0.25) is 5.91 Å². The Morgan fingerprint density at radius 1 is 1.28 bits per heavy atom. The maximum atomic E-state index is 13.5. The first-order valence-electron chi connectivity index (χ1n) is 8.04. The molecule has 1 heterocycles. The molecule has 1 amide bonds. The summed E-state index contributed by atoms with van der Waals surface area (Å²) < 4.78 is 13.5. The molecule has 126 valence electrons. The van der Waals surface area contributed by atoms with E-state index in [0.29, 0.717) is 5.56 Å². The highest BCUT2D eigenvalue weighted by atomic mass is 19.1. The highest BCUT2D eigenvalue weighted by Crippen LogP contribution is 2.24. The summed E-state index contributed by atoms with van der Waals surface area (Å²) in [6.07, 6.45) is 0.176. The van der Waals surface area contributed by atoms with Gasteiger partial charge in [0.25, 0.3) is 0 Å². The number of aromatic amines is 1. The van der Waals surface area contributed by atoms with Crippen LogP contribution >= 0.6 is 0 Å². The number of benzene rings is 2. The number of nitrogens with one attached hydrogen (secondary N) is 2. The van der Waals surface area contributed by atoms with Crippen molar-refractivity contribution in [3.8, 4) is 6.07 Å². The van der Waals surface area contributed by atoms with Crippen LogP contribution in [-0.4, -0.2) is 10.9 Å². The molecular weight excluding hydrogens is 317 g/mol. The molecule has 0 saturated carbocycles. The lowest BCUT2D eigenvalue weighted by atomic mass is 10.0. The summed E-state index contributed by atoms with van der Waals surface area (Å²) in [5.74, 6) is -0.454. The smallest absolute Gasteiger partial charge is 0.224 e.